The van der Waals surface area contributed by atoms with Crippen LogP contribution in [0.2, 0.25) is 0 Å². The van der Waals surface area contributed by atoms with Crippen LogP contribution < -0.4 is 16.8 Å². The van der Waals surface area contributed by atoms with Gasteiger partial charge < -0.3 is 16.8 Å². The lowest BCUT2D eigenvalue weighted by Gasteiger charge is -2.28. The molecular formula is C12H23N3O2. The second kappa shape index (κ2) is 6.00. The Bertz CT molecular complexity index is 283. The van der Waals surface area contributed by atoms with Gasteiger partial charge in [0, 0.05) is 12.0 Å². The molecule has 0 aromatic carbocycles. The Kier molecular flexibility index (Phi) is 4.93. The Morgan fingerprint density at radius 3 is 2.12 bits per heavy atom. The van der Waals surface area contributed by atoms with E-state index in [0.717, 1.165) is 25.7 Å². The number of nitrogens with one attached hydrogen (secondary N) is 1. The zero-order valence-electron chi connectivity index (χ0n) is 10.6. The average molecular weight is 241 g/mol. The molecule has 0 unspecified atom stereocenters. The third-order valence-electron chi connectivity index (χ3n) is 3.50. The van der Waals surface area contributed by atoms with Crippen LogP contribution in [0.25, 0.3) is 0 Å². The van der Waals surface area contributed by atoms with E-state index >= 15 is 0 Å². The van der Waals surface area contributed by atoms with E-state index in [1.165, 1.54) is 0 Å². The van der Waals surface area contributed by atoms with Crippen LogP contribution in [0.3, 0.4) is 0 Å². The van der Waals surface area contributed by atoms with Gasteiger partial charge in [-0.05, 0) is 31.6 Å². The van der Waals surface area contributed by atoms with Crippen LogP contribution in [0.15, 0.2) is 0 Å². The number of hydrogen-bond donors (Lipinski definition) is 3. The molecular weight excluding hydrogens is 218 g/mol. The van der Waals surface area contributed by atoms with Crippen molar-refractivity contribution in [1.29, 1.82) is 0 Å². The summed E-state index contributed by atoms with van der Waals surface area (Å²) >= 11 is 0. The molecule has 5 N–H and O–H groups in total. The third-order valence-corrected chi connectivity index (χ3v) is 3.50. The number of carbonyl (C=O) groups excluding carboxylic acids is 2. The van der Waals surface area contributed by atoms with Crippen molar-refractivity contribution < 1.29 is 9.59 Å². The number of amides is 2. The molecule has 1 aliphatic carbocycles. The van der Waals surface area contributed by atoms with E-state index in [4.69, 9.17) is 11.5 Å². The van der Waals surface area contributed by atoms with Gasteiger partial charge in [0.25, 0.3) is 0 Å². The Morgan fingerprint density at radius 1 is 1.18 bits per heavy atom. The molecule has 2 amide bonds. The first-order chi connectivity index (χ1) is 7.91. The number of rotatable bonds is 4. The molecule has 17 heavy (non-hydrogen) atoms. The van der Waals surface area contributed by atoms with E-state index < -0.39 is 6.04 Å². The number of primary amides is 1. The first kappa shape index (κ1) is 14.0. The van der Waals surface area contributed by atoms with Crippen molar-refractivity contribution in [2.24, 2.45) is 23.3 Å². The molecule has 5 heteroatoms. The molecule has 1 aliphatic rings. The first-order valence-corrected chi connectivity index (χ1v) is 6.27. The smallest absolute Gasteiger partial charge is 0.237 e. The summed E-state index contributed by atoms with van der Waals surface area (Å²) in [6.07, 6.45) is 3.14. The second-order valence-corrected chi connectivity index (χ2v) is 5.23. The van der Waals surface area contributed by atoms with Crippen LogP contribution in [-0.2, 0) is 9.59 Å². The molecule has 0 heterocycles. The maximum absolute atomic E-state index is 11.7. The fourth-order valence-corrected chi connectivity index (χ4v) is 2.12. The summed E-state index contributed by atoms with van der Waals surface area (Å²) in [4.78, 5) is 22.7. The highest BCUT2D eigenvalue weighted by atomic mass is 16.2. The van der Waals surface area contributed by atoms with E-state index in [2.05, 4.69) is 5.32 Å². The number of nitrogens with two attached hydrogens (primary N) is 2. The van der Waals surface area contributed by atoms with Crippen molar-refractivity contribution in [1.82, 2.24) is 5.32 Å². The topological polar surface area (TPSA) is 98.2 Å². The summed E-state index contributed by atoms with van der Waals surface area (Å²) in [5.74, 6) is -0.213. The minimum Gasteiger partial charge on any atom is -0.369 e. The second-order valence-electron chi connectivity index (χ2n) is 5.23. The molecule has 0 aromatic rings. The average Bonchev–Trinajstić information content (AvgIpc) is 2.28. The fourth-order valence-electron chi connectivity index (χ4n) is 2.12. The van der Waals surface area contributed by atoms with Gasteiger partial charge in [-0.25, -0.2) is 0 Å². The summed E-state index contributed by atoms with van der Waals surface area (Å²) in [5.41, 5.74) is 11.0. The van der Waals surface area contributed by atoms with E-state index in [0.29, 0.717) is 0 Å². The summed E-state index contributed by atoms with van der Waals surface area (Å²) < 4.78 is 0. The summed E-state index contributed by atoms with van der Waals surface area (Å²) in [5, 5.41) is 2.94. The third kappa shape index (κ3) is 4.00. The molecule has 0 saturated heterocycles. The lowest BCUT2D eigenvalue weighted by atomic mass is 9.85. The molecule has 0 spiro atoms. The van der Waals surface area contributed by atoms with Gasteiger partial charge >= 0.3 is 0 Å². The van der Waals surface area contributed by atoms with Gasteiger partial charge in [-0.15, -0.1) is 0 Å². The van der Waals surface area contributed by atoms with Crippen LogP contribution in [0.4, 0.5) is 0 Å². The molecule has 1 fully saturated rings. The van der Waals surface area contributed by atoms with Crippen molar-refractivity contribution in [2.45, 2.75) is 51.6 Å². The highest BCUT2D eigenvalue weighted by Gasteiger charge is 2.27. The lowest BCUT2D eigenvalue weighted by molar-refractivity contribution is -0.124. The van der Waals surface area contributed by atoms with Crippen LogP contribution in [-0.4, -0.2) is 23.9 Å². The van der Waals surface area contributed by atoms with Crippen LogP contribution >= 0.6 is 0 Å². The molecule has 0 aromatic heterocycles. The summed E-state index contributed by atoms with van der Waals surface area (Å²) in [6.45, 7) is 3.85. The van der Waals surface area contributed by atoms with Crippen molar-refractivity contribution in [3.63, 3.8) is 0 Å². The van der Waals surface area contributed by atoms with Crippen LogP contribution in [0, 0.1) is 11.8 Å². The highest BCUT2D eigenvalue weighted by molar-refractivity contribution is 5.82. The molecule has 98 valence electrons. The molecule has 0 bridgehead atoms. The van der Waals surface area contributed by atoms with Gasteiger partial charge in [0.1, 0.15) is 0 Å². The zero-order valence-corrected chi connectivity index (χ0v) is 10.6. The van der Waals surface area contributed by atoms with Crippen molar-refractivity contribution in [2.75, 3.05) is 0 Å². The Balaban J connectivity index is 2.35. The van der Waals surface area contributed by atoms with Gasteiger partial charge in [0.05, 0.1) is 6.04 Å². The minimum atomic E-state index is -0.455. The van der Waals surface area contributed by atoms with Gasteiger partial charge in [0.2, 0.25) is 11.8 Å². The molecule has 5 nitrogen and oxygen atoms in total. The molecule has 1 rings (SSSR count). The SMILES string of the molecule is CC(C)[C@H](N)C(=O)NC1CCC(C(N)=O)CC1. The first-order valence-electron chi connectivity index (χ1n) is 6.27. The Morgan fingerprint density at radius 2 is 1.71 bits per heavy atom. The van der Waals surface area contributed by atoms with Gasteiger partial charge in [-0.2, -0.15) is 0 Å². The number of carbonyl (C=O) groups is 2. The van der Waals surface area contributed by atoms with E-state index in [1.54, 1.807) is 0 Å². The maximum Gasteiger partial charge on any atom is 0.237 e. The molecule has 0 radical (unpaired) electrons. The number of hydrogen-bond acceptors (Lipinski definition) is 3. The molecule has 0 aliphatic heterocycles. The highest BCUT2D eigenvalue weighted by Crippen LogP contribution is 2.23. The van der Waals surface area contributed by atoms with E-state index in [1.807, 2.05) is 13.8 Å². The van der Waals surface area contributed by atoms with E-state index in [-0.39, 0.29) is 29.7 Å². The van der Waals surface area contributed by atoms with E-state index in [9.17, 15) is 9.59 Å². The predicted molar refractivity (Wildman–Crippen MR) is 65.9 cm³/mol. The quantitative estimate of drug-likeness (QED) is 0.652. The monoisotopic (exact) mass is 241 g/mol. The summed E-state index contributed by atoms with van der Waals surface area (Å²) in [6, 6.07) is -0.313. The van der Waals surface area contributed by atoms with Gasteiger partial charge in [0.15, 0.2) is 0 Å². The zero-order chi connectivity index (χ0) is 13.0. The summed E-state index contributed by atoms with van der Waals surface area (Å²) in [7, 11) is 0. The van der Waals surface area contributed by atoms with Crippen LogP contribution in [0.1, 0.15) is 39.5 Å². The van der Waals surface area contributed by atoms with Crippen LogP contribution in [0.5, 0.6) is 0 Å². The fraction of sp³-hybridized carbons (Fsp3) is 0.833. The van der Waals surface area contributed by atoms with Gasteiger partial charge in [-0.3, -0.25) is 9.59 Å². The molecule has 1 saturated carbocycles. The van der Waals surface area contributed by atoms with Crippen molar-refractivity contribution in [3.8, 4) is 0 Å². The Labute approximate surface area is 102 Å². The van der Waals surface area contributed by atoms with Crippen molar-refractivity contribution in [3.05, 3.63) is 0 Å². The maximum atomic E-state index is 11.7. The van der Waals surface area contributed by atoms with Crippen molar-refractivity contribution >= 4 is 11.8 Å². The normalized spacial score (nSPS) is 26.6. The lowest BCUT2D eigenvalue weighted by Crippen LogP contribution is -2.49. The molecule has 1 atom stereocenters. The minimum absolute atomic E-state index is 0.0260. The predicted octanol–water partition coefficient (Wildman–Crippen LogP) is 0.130. The Hall–Kier alpha value is -1.10. The van der Waals surface area contributed by atoms with Gasteiger partial charge in [-0.1, -0.05) is 13.8 Å². The largest absolute Gasteiger partial charge is 0.369 e. The standard InChI is InChI=1S/C12H23N3O2/c1-7(2)10(13)12(17)15-9-5-3-8(4-6-9)11(14)16/h7-10H,3-6,13H2,1-2H3,(H2,14,16)(H,15,17)/t8?,9?,10-/m0/s1.